The number of rotatable bonds is 12. The lowest BCUT2D eigenvalue weighted by Crippen LogP contribution is -2.51. The predicted octanol–water partition coefficient (Wildman–Crippen LogP) is 4.70. The van der Waals surface area contributed by atoms with Crippen LogP contribution in [0.2, 0.25) is 0 Å². The summed E-state index contributed by atoms with van der Waals surface area (Å²) in [7, 11) is -2.53. The van der Waals surface area contributed by atoms with Crippen molar-refractivity contribution < 1.29 is 22.7 Å². The summed E-state index contributed by atoms with van der Waals surface area (Å²) in [5.41, 5.74) is 2.80. The molecule has 0 bridgehead atoms. The first kappa shape index (κ1) is 30.7. The first-order valence-electron chi connectivity index (χ1n) is 13.3. The van der Waals surface area contributed by atoms with Crippen molar-refractivity contribution in [2.45, 2.75) is 52.1 Å². The summed E-state index contributed by atoms with van der Waals surface area (Å²) in [6.07, 6.45) is 0. The molecule has 0 unspecified atom stereocenters. The number of anilines is 1. The number of carbonyl (C=O) groups excluding carboxylic acids is 2. The molecule has 0 aliphatic heterocycles. The molecule has 0 fully saturated rings. The number of hydrogen-bond acceptors (Lipinski definition) is 5. The lowest BCUT2D eigenvalue weighted by Gasteiger charge is -2.32. The highest BCUT2D eigenvalue weighted by atomic mass is 32.2. The van der Waals surface area contributed by atoms with Crippen LogP contribution in [0, 0.1) is 19.8 Å². The second kappa shape index (κ2) is 13.5. The topological polar surface area (TPSA) is 96.0 Å². The summed E-state index contributed by atoms with van der Waals surface area (Å²) in [5.74, 6) is 0.0960. The highest BCUT2D eigenvalue weighted by molar-refractivity contribution is 7.92. The van der Waals surface area contributed by atoms with Gasteiger partial charge in [0, 0.05) is 13.1 Å². The largest absolute Gasteiger partial charge is 0.497 e. The zero-order valence-corrected chi connectivity index (χ0v) is 24.9. The molecule has 0 saturated heterocycles. The van der Waals surface area contributed by atoms with Crippen LogP contribution in [0.15, 0.2) is 77.7 Å². The number of sulfonamides is 1. The molecule has 0 aliphatic carbocycles. The Morgan fingerprint density at radius 1 is 0.900 bits per heavy atom. The zero-order chi connectivity index (χ0) is 29.4. The molecule has 0 heterocycles. The van der Waals surface area contributed by atoms with Crippen molar-refractivity contribution in [2.75, 3.05) is 24.5 Å². The van der Waals surface area contributed by atoms with E-state index in [-0.39, 0.29) is 23.3 Å². The van der Waals surface area contributed by atoms with Crippen LogP contribution in [0.3, 0.4) is 0 Å². The van der Waals surface area contributed by atoms with Crippen LogP contribution in [-0.2, 0) is 26.2 Å². The first-order chi connectivity index (χ1) is 18.9. The van der Waals surface area contributed by atoms with Crippen molar-refractivity contribution in [1.82, 2.24) is 10.2 Å². The normalized spacial score (nSPS) is 12.1. The van der Waals surface area contributed by atoms with E-state index in [0.29, 0.717) is 23.5 Å². The Morgan fingerprint density at radius 3 is 2.10 bits per heavy atom. The number of nitrogens with one attached hydrogen (secondary N) is 1. The minimum atomic E-state index is -4.10. The van der Waals surface area contributed by atoms with Crippen LogP contribution >= 0.6 is 0 Å². The molecule has 9 heteroatoms. The Hall–Kier alpha value is -3.85. The van der Waals surface area contributed by atoms with Crippen molar-refractivity contribution in [1.29, 1.82) is 0 Å². The molecule has 1 N–H and O–H groups in total. The molecule has 1 atom stereocenters. The molecule has 0 saturated carbocycles. The van der Waals surface area contributed by atoms with E-state index in [2.05, 4.69) is 5.32 Å². The monoisotopic (exact) mass is 565 g/mol. The minimum Gasteiger partial charge on any atom is -0.497 e. The van der Waals surface area contributed by atoms with Crippen LogP contribution in [0.1, 0.15) is 37.5 Å². The van der Waals surface area contributed by atoms with Crippen LogP contribution in [0.5, 0.6) is 5.75 Å². The van der Waals surface area contributed by atoms with E-state index in [0.717, 1.165) is 15.4 Å². The third kappa shape index (κ3) is 7.63. The SMILES string of the molecule is COc1ccc(CN(C(=O)CN(c2ccccc2C)S(=O)(=O)c2ccc(C)cc2)[C@H](C)C(=O)NCC(C)C)cc1. The summed E-state index contributed by atoms with van der Waals surface area (Å²) in [6, 6.07) is 19.9. The van der Waals surface area contributed by atoms with Gasteiger partial charge < -0.3 is 15.0 Å². The third-order valence-electron chi connectivity index (χ3n) is 6.64. The van der Waals surface area contributed by atoms with Crippen molar-refractivity contribution in [3.63, 3.8) is 0 Å². The van der Waals surface area contributed by atoms with Gasteiger partial charge >= 0.3 is 0 Å². The fourth-order valence-corrected chi connectivity index (χ4v) is 5.64. The maximum atomic E-state index is 14.0. The maximum Gasteiger partial charge on any atom is 0.264 e. The van der Waals surface area contributed by atoms with Crippen LogP contribution < -0.4 is 14.4 Å². The fraction of sp³-hybridized carbons (Fsp3) is 0.355. The smallest absolute Gasteiger partial charge is 0.264 e. The molecule has 3 rings (SSSR count). The average Bonchev–Trinajstić information content (AvgIpc) is 2.93. The van der Waals surface area contributed by atoms with Gasteiger partial charge in [0.05, 0.1) is 17.7 Å². The summed E-state index contributed by atoms with van der Waals surface area (Å²) in [6.45, 7) is 9.41. The molecule has 0 radical (unpaired) electrons. The van der Waals surface area contributed by atoms with Gasteiger partial charge in [-0.05, 0) is 68.1 Å². The molecule has 214 valence electrons. The number of nitrogens with zero attached hydrogens (tertiary/aromatic N) is 2. The summed E-state index contributed by atoms with van der Waals surface area (Å²) in [5, 5.41) is 2.89. The highest BCUT2D eigenvalue weighted by Crippen LogP contribution is 2.27. The quantitative estimate of drug-likeness (QED) is 0.344. The van der Waals surface area contributed by atoms with Crippen LogP contribution in [0.4, 0.5) is 5.69 Å². The number of methoxy groups -OCH3 is 1. The van der Waals surface area contributed by atoms with E-state index in [4.69, 9.17) is 4.74 Å². The van der Waals surface area contributed by atoms with E-state index in [1.54, 1.807) is 63.4 Å². The van der Waals surface area contributed by atoms with Crippen molar-refractivity contribution in [2.24, 2.45) is 5.92 Å². The van der Waals surface area contributed by atoms with Gasteiger partial charge in [0.1, 0.15) is 18.3 Å². The Kier molecular flexibility index (Phi) is 10.3. The molecular formula is C31H39N3O5S. The van der Waals surface area contributed by atoms with E-state index >= 15 is 0 Å². The van der Waals surface area contributed by atoms with Crippen LogP contribution in [0.25, 0.3) is 0 Å². The zero-order valence-electron chi connectivity index (χ0n) is 24.0. The molecular weight excluding hydrogens is 526 g/mol. The number of para-hydroxylation sites is 1. The van der Waals surface area contributed by atoms with Crippen molar-refractivity contribution in [3.8, 4) is 5.75 Å². The van der Waals surface area contributed by atoms with Gasteiger partial charge in [-0.3, -0.25) is 13.9 Å². The molecule has 0 aliphatic rings. The number of carbonyl (C=O) groups is 2. The molecule has 40 heavy (non-hydrogen) atoms. The maximum absolute atomic E-state index is 14.0. The molecule has 0 aromatic heterocycles. The Morgan fingerprint density at radius 2 is 1.52 bits per heavy atom. The van der Waals surface area contributed by atoms with Gasteiger partial charge in [0.25, 0.3) is 10.0 Å². The van der Waals surface area contributed by atoms with Crippen LogP contribution in [-0.4, -0.2) is 51.4 Å². The number of benzene rings is 3. The summed E-state index contributed by atoms with van der Waals surface area (Å²) in [4.78, 5) is 28.6. The number of amides is 2. The van der Waals surface area contributed by atoms with E-state index < -0.39 is 28.5 Å². The Labute approximate surface area is 238 Å². The Balaban J connectivity index is 2.01. The number of aryl methyl sites for hydroxylation is 2. The number of hydrogen-bond donors (Lipinski definition) is 1. The van der Waals surface area contributed by atoms with Gasteiger partial charge in [-0.25, -0.2) is 8.42 Å². The first-order valence-corrected chi connectivity index (χ1v) is 14.7. The fourth-order valence-electron chi connectivity index (χ4n) is 4.16. The van der Waals surface area contributed by atoms with Crippen molar-refractivity contribution >= 4 is 27.5 Å². The molecule has 8 nitrogen and oxygen atoms in total. The lowest BCUT2D eigenvalue weighted by molar-refractivity contribution is -0.139. The highest BCUT2D eigenvalue weighted by Gasteiger charge is 2.33. The average molecular weight is 566 g/mol. The van der Waals surface area contributed by atoms with Gasteiger partial charge in [-0.2, -0.15) is 0 Å². The summed E-state index contributed by atoms with van der Waals surface area (Å²) >= 11 is 0. The van der Waals surface area contributed by atoms with E-state index in [9.17, 15) is 18.0 Å². The standard InChI is InChI=1S/C31H39N3O5S/c1-22(2)19-32-31(36)25(5)33(20-26-13-15-27(39-6)16-14-26)30(35)21-34(29-10-8-7-9-24(29)4)40(37,38)28-17-11-23(3)12-18-28/h7-18,22,25H,19-21H2,1-6H3,(H,32,36)/t25-/m1/s1. The summed E-state index contributed by atoms with van der Waals surface area (Å²) < 4.78 is 34.2. The third-order valence-corrected chi connectivity index (χ3v) is 8.41. The van der Waals surface area contributed by atoms with Gasteiger partial charge in [-0.1, -0.05) is 61.9 Å². The van der Waals surface area contributed by atoms with Gasteiger partial charge in [-0.15, -0.1) is 0 Å². The minimum absolute atomic E-state index is 0.0820. The number of ether oxygens (including phenoxy) is 1. The van der Waals surface area contributed by atoms with E-state index in [1.165, 1.54) is 17.0 Å². The Bertz CT molecular complexity index is 1400. The molecule has 3 aromatic carbocycles. The molecule has 2 amide bonds. The molecule has 0 spiro atoms. The second-order valence-corrected chi connectivity index (χ2v) is 12.2. The lowest BCUT2D eigenvalue weighted by atomic mass is 10.1. The van der Waals surface area contributed by atoms with E-state index in [1.807, 2.05) is 39.0 Å². The second-order valence-electron chi connectivity index (χ2n) is 10.3. The van der Waals surface area contributed by atoms with Gasteiger partial charge in [0.15, 0.2) is 0 Å². The molecule has 3 aromatic rings. The van der Waals surface area contributed by atoms with Crippen molar-refractivity contribution in [3.05, 3.63) is 89.5 Å². The predicted molar refractivity (Wildman–Crippen MR) is 158 cm³/mol. The van der Waals surface area contributed by atoms with Gasteiger partial charge in [0.2, 0.25) is 11.8 Å².